The number of anilines is 1. The molecule has 0 bridgehead atoms. The van der Waals surface area contributed by atoms with Crippen molar-refractivity contribution in [1.29, 1.82) is 0 Å². The van der Waals surface area contributed by atoms with Gasteiger partial charge in [0, 0.05) is 19.3 Å². The van der Waals surface area contributed by atoms with E-state index in [1.54, 1.807) is 22.4 Å². The van der Waals surface area contributed by atoms with Crippen molar-refractivity contribution in [2.75, 3.05) is 18.5 Å². The highest BCUT2D eigenvalue weighted by atomic mass is 15.1. The SMILES string of the molecule is CN1CCC2CCC3CCCc4ccc1c2c43. The van der Waals surface area contributed by atoms with E-state index in [9.17, 15) is 0 Å². The van der Waals surface area contributed by atoms with Crippen LogP contribution in [-0.2, 0) is 6.42 Å². The summed E-state index contributed by atoms with van der Waals surface area (Å²) in [6.07, 6.45) is 8.47. The lowest BCUT2D eigenvalue weighted by atomic mass is 9.67. The second-order valence-electron chi connectivity index (χ2n) is 6.14. The fraction of sp³-hybridized carbons (Fsp3) is 0.625. The molecule has 0 radical (unpaired) electrons. The maximum Gasteiger partial charge on any atom is 0.0402 e. The Balaban J connectivity index is 1.98. The van der Waals surface area contributed by atoms with Gasteiger partial charge in [0.2, 0.25) is 0 Å². The molecule has 2 aliphatic carbocycles. The molecule has 1 nitrogen and oxygen atoms in total. The van der Waals surface area contributed by atoms with Crippen molar-refractivity contribution in [3.05, 3.63) is 28.8 Å². The summed E-state index contributed by atoms with van der Waals surface area (Å²) in [6.45, 7) is 1.25. The van der Waals surface area contributed by atoms with Crippen molar-refractivity contribution in [1.82, 2.24) is 0 Å². The van der Waals surface area contributed by atoms with Gasteiger partial charge in [0.05, 0.1) is 0 Å². The summed E-state index contributed by atoms with van der Waals surface area (Å²) in [4.78, 5) is 2.48. The van der Waals surface area contributed by atoms with Gasteiger partial charge in [-0.05, 0) is 73.1 Å². The number of nitrogens with zero attached hydrogens (tertiary/aromatic N) is 1. The summed E-state index contributed by atoms with van der Waals surface area (Å²) in [6, 6.07) is 4.82. The zero-order valence-electron chi connectivity index (χ0n) is 10.7. The number of hydrogen-bond acceptors (Lipinski definition) is 1. The van der Waals surface area contributed by atoms with Crippen LogP contribution in [0.2, 0.25) is 0 Å². The largest absolute Gasteiger partial charge is 0.374 e. The minimum atomic E-state index is 0.880. The van der Waals surface area contributed by atoms with E-state index >= 15 is 0 Å². The smallest absolute Gasteiger partial charge is 0.0402 e. The minimum Gasteiger partial charge on any atom is -0.374 e. The van der Waals surface area contributed by atoms with E-state index in [0.717, 1.165) is 11.8 Å². The van der Waals surface area contributed by atoms with Crippen LogP contribution in [0.5, 0.6) is 0 Å². The van der Waals surface area contributed by atoms with Gasteiger partial charge in [0.25, 0.3) is 0 Å². The maximum absolute atomic E-state index is 2.48. The van der Waals surface area contributed by atoms with Crippen molar-refractivity contribution in [2.45, 2.75) is 50.4 Å². The topological polar surface area (TPSA) is 3.24 Å². The molecule has 90 valence electrons. The molecule has 0 saturated carbocycles. The number of aryl methyl sites for hydroxylation is 1. The Morgan fingerprint density at radius 1 is 1.00 bits per heavy atom. The first-order valence-corrected chi connectivity index (χ1v) is 7.21. The normalized spacial score (nSPS) is 30.1. The van der Waals surface area contributed by atoms with Gasteiger partial charge in [0.15, 0.2) is 0 Å². The van der Waals surface area contributed by atoms with E-state index in [2.05, 4.69) is 24.1 Å². The molecule has 1 heteroatoms. The quantitative estimate of drug-likeness (QED) is 0.651. The monoisotopic (exact) mass is 227 g/mol. The first kappa shape index (κ1) is 9.99. The summed E-state index contributed by atoms with van der Waals surface area (Å²) in [5, 5.41) is 0. The first-order chi connectivity index (χ1) is 8.34. The minimum absolute atomic E-state index is 0.880. The summed E-state index contributed by atoms with van der Waals surface area (Å²) < 4.78 is 0. The Hall–Kier alpha value is -0.980. The Labute approximate surface area is 104 Å². The predicted octanol–water partition coefficient (Wildman–Crippen LogP) is 3.82. The standard InChI is InChI=1S/C16H21N/c1-17-10-9-13-6-5-11-3-2-4-12-7-8-14(17)16(13)15(11)12/h7-8,11,13H,2-6,9-10H2,1H3. The molecule has 1 aromatic carbocycles. The van der Waals surface area contributed by atoms with Gasteiger partial charge >= 0.3 is 0 Å². The van der Waals surface area contributed by atoms with Crippen LogP contribution < -0.4 is 4.90 Å². The molecule has 0 amide bonds. The highest BCUT2D eigenvalue weighted by Crippen LogP contribution is 2.51. The maximum atomic E-state index is 2.48. The van der Waals surface area contributed by atoms with Crippen molar-refractivity contribution >= 4 is 5.69 Å². The molecule has 1 heterocycles. The van der Waals surface area contributed by atoms with Gasteiger partial charge in [-0.2, -0.15) is 0 Å². The van der Waals surface area contributed by atoms with Gasteiger partial charge < -0.3 is 4.90 Å². The van der Waals surface area contributed by atoms with Gasteiger partial charge in [-0.25, -0.2) is 0 Å². The molecule has 17 heavy (non-hydrogen) atoms. The van der Waals surface area contributed by atoms with Gasteiger partial charge in [-0.1, -0.05) is 6.07 Å². The van der Waals surface area contributed by atoms with E-state index in [-0.39, 0.29) is 0 Å². The van der Waals surface area contributed by atoms with Crippen LogP contribution in [0, 0.1) is 0 Å². The molecule has 0 aromatic heterocycles. The first-order valence-electron chi connectivity index (χ1n) is 7.21. The van der Waals surface area contributed by atoms with E-state index in [1.165, 1.54) is 45.1 Å². The van der Waals surface area contributed by atoms with Crippen molar-refractivity contribution in [2.24, 2.45) is 0 Å². The van der Waals surface area contributed by atoms with Crippen LogP contribution in [-0.4, -0.2) is 13.6 Å². The van der Waals surface area contributed by atoms with Gasteiger partial charge in [0.1, 0.15) is 0 Å². The molecule has 0 fully saturated rings. The lowest BCUT2D eigenvalue weighted by molar-refractivity contribution is 0.414. The summed E-state index contributed by atoms with van der Waals surface area (Å²) in [5.74, 6) is 1.78. The van der Waals surface area contributed by atoms with Crippen LogP contribution in [0.15, 0.2) is 12.1 Å². The third-order valence-electron chi connectivity index (χ3n) is 5.26. The molecule has 2 atom stereocenters. The zero-order chi connectivity index (χ0) is 11.4. The predicted molar refractivity (Wildman–Crippen MR) is 72.0 cm³/mol. The molecule has 0 N–H and O–H groups in total. The number of hydrogen-bond donors (Lipinski definition) is 0. The third-order valence-corrected chi connectivity index (χ3v) is 5.26. The van der Waals surface area contributed by atoms with E-state index in [1.807, 2.05) is 0 Å². The highest BCUT2D eigenvalue weighted by Gasteiger charge is 2.35. The Morgan fingerprint density at radius 2 is 1.82 bits per heavy atom. The molecule has 3 aliphatic rings. The molecule has 0 spiro atoms. The summed E-state index contributed by atoms with van der Waals surface area (Å²) in [7, 11) is 2.26. The second-order valence-corrected chi connectivity index (χ2v) is 6.14. The molecule has 1 aromatic rings. The van der Waals surface area contributed by atoms with Gasteiger partial charge in [-0.3, -0.25) is 0 Å². The number of rotatable bonds is 0. The van der Waals surface area contributed by atoms with Gasteiger partial charge in [-0.15, -0.1) is 0 Å². The molecule has 1 aliphatic heterocycles. The van der Waals surface area contributed by atoms with Crippen LogP contribution in [0.25, 0.3) is 0 Å². The average molecular weight is 227 g/mol. The van der Waals surface area contributed by atoms with E-state index in [0.29, 0.717) is 0 Å². The van der Waals surface area contributed by atoms with Crippen LogP contribution in [0.1, 0.15) is 60.6 Å². The van der Waals surface area contributed by atoms with Crippen molar-refractivity contribution < 1.29 is 0 Å². The molecule has 0 saturated heterocycles. The molecular weight excluding hydrogens is 206 g/mol. The molecular formula is C16H21N. The van der Waals surface area contributed by atoms with Crippen LogP contribution in [0.3, 0.4) is 0 Å². The fourth-order valence-corrected chi connectivity index (χ4v) is 4.41. The number of benzene rings is 1. The van der Waals surface area contributed by atoms with Crippen LogP contribution >= 0.6 is 0 Å². The average Bonchev–Trinajstić information content (AvgIpc) is 2.38. The lowest BCUT2D eigenvalue weighted by Gasteiger charge is -2.42. The Morgan fingerprint density at radius 3 is 2.71 bits per heavy atom. The lowest BCUT2D eigenvalue weighted by Crippen LogP contribution is -2.32. The zero-order valence-corrected chi connectivity index (χ0v) is 10.7. The van der Waals surface area contributed by atoms with Crippen molar-refractivity contribution in [3.8, 4) is 0 Å². The Kier molecular flexibility index (Phi) is 2.06. The molecule has 4 rings (SSSR count). The van der Waals surface area contributed by atoms with E-state index < -0.39 is 0 Å². The van der Waals surface area contributed by atoms with Crippen LogP contribution in [0.4, 0.5) is 5.69 Å². The Bertz CT molecular complexity index is 463. The summed E-state index contributed by atoms with van der Waals surface area (Å²) in [5.41, 5.74) is 6.77. The fourth-order valence-electron chi connectivity index (χ4n) is 4.41. The third kappa shape index (κ3) is 1.31. The molecule has 2 unspecified atom stereocenters. The van der Waals surface area contributed by atoms with E-state index in [4.69, 9.17) is 0 Å². The van der Waals surface area contributed by atoms with Crippen molar-refractivity contribution in [3.63, 3.8) is 0 Å². The second kappa shape index (κ2) is 3.51. The highest BCUT2D eigenvalue weighted by molar-refractivity contribution is 5.64. The summed E-state index contributed by atoms with van der Waals surface area (Å²) >= 11 is 0.